The van der Waals surface area contributed by atoms with Crippen molar-refractivity contribution < 1.29 is 35.5 Å². The van der Waals surface area contributed by atoms with Crippen molar-refractivity contribution in [3.05, 3.63) is 58.5 Å². The zero-order chi connectivity index (χ0) is 26.4. The number of carbonyl (C=O) groups is 1. The van der Waals surface area contributed by atoms with E-state index in [2.05, 4.69) is 10.3 Å². The zero-order valence-corrected chi connectivity index (χ0v) is 19.7. The Labute approximate surface area is 199 Å². The zero-order valence-electron chi connectivity index (χ0n) is 18.9. The summed E-state index contributed by atoms with van der Waals surface area (Å²) in [5.41, 5.74) is -1.60. The van der Waals surface area contributed by atoms with Crippen LogP contribution in [0.3, 0.4) is 0 Å². The molecule has 8 nitrogen and oxygen atoms in total. The number of benzene rings is 1. The predicted octanol–water partition coefficient (Wildman–Crippen LogP) is 3.99. The second-order valence-corrected chi connectivity index (χ2v) is 9.21. The Morgan fingerprint density at radius 1 is 1.31 bits per heavy atom. The molecule has 0 spiro atoms. The fourth-order valence-electron chi connectivity index (χ4n) is 2.66. The van der Waals surface area contributed by atoms with Gasteiger partial charge < -0.3 is 10.1 Å². The number of hydrogen-bond donors (Lipinski definition) is 2. The molecule has 0 aliphatic heterocycles. The maximum atomic E-state index is 14.3. The molecular weight excluding hydrogens is 492 g/mol. The topological polar surface area (TPSA) is 121 Å². The number of nitrogens with zero attached hydrogens (tertiary/aromatic N) is 2. The van der Waals surface area contributed by atoms with Crippen molar-refractivity contribution >= 4 is 27.7 Å². The van der Waals surface area contributed by atoms with Gasteiger partial charge >= 0.3 is 6.18 Å². The Hall–Kier alpha value is -3.66. The number of nitrogens with one attached hydrogen (secondary N) is 2. The maximum Gasteiger partial charge on any atom is 0.433 e. The van der Waals surface area contributed by atoms with Crippen molar-refractivity contribution in [1.82, 2.24) is 10.3 Å². The molecule has 0 radical (unpaired) electrons. The monoisotopic (exact) mass is 514 g/mol. The lowest BCUT2D eigenvalue weighted by Gasteiger charge is -2.15. The van der Waals surface area contributed by atoms with E-state index in [1.165, 1.54) is 12.1 Å². The van der Waals surface area contributed by atoms with Crippen molar-refractivity contribution in [2.24, 2.45) is 0 Å². The molecular formula is C22H22F4N4O4S. The normalized spacial score (nSPS) is 12.7. The van der Waals surface area contributed by atoms with Gasteiger partial charge in [0.25, 0.3) is 0 Å². The van der Waals surface area contributed by atoms with Crippen LogP contribution >= 0.6 is 0 Å². The van der Waals surface area contributed by atoms with Gasteiger partial charge in [0.2, 0.25) is 21.8 Å². The van der Waals surface area contributed by atoms with Gasteiger partial charge in [0.1, 0.15) is 23.3 Å². The Morgan fingerprint density at radius 3 is 2.57 bits per heavy atom. The molecule has 1 aromatic carbocycles. The third-order valence-corrected chi connectivity index (χ3v) is 5.08. The third kappa shape index (κ3) is 8.25. The minimum absolute atomic E-state index is 0.141. The first-order valence-corrected chi connectivity index (χ1v) is 12.0. The molecule has 2 rings (SSSR count). The summed E-state index contributed by atoms with van der Waals surface area (Å²) >= 11 is 0. The summed E-state index contributed by atoms with van der Waals surface area (Å²) in [6, 6.07) is 5.73. The van der Waals surface area contributed by atoms with E-state index in [4.69, 9.17) is 4.74 Å². The molecule has 188 valence electrons. The number of ether oxygens (including phenoxy) is 1. The van der Waals surface area contributed by atoms with Crippen molar-refractivity contribution in [2.75, 3.05) is 11.0 Å². The number of carbonyl (C=O) groups excluding carboxylic acids is 1. The fourth-order valence-corrected chi connectivity index (χ4v) is 3.24. The van der Waals surface area contributed by atoms with Crippen LogP contribution in [0.4, 0.5) is 23.2 Å². The van der Waals surface area contributed by atoms with Crippen molar-refractivity contribution in [2.45, 2.75) is 39.1 Å². The van der Waals surface area contributed by atoms with Crippen LogP contribution in [0, 0.1) is 17.1 Å². The van der Waals surface area contributed by atoms with Crippen LogP contribution in [0.15, 0.2) is 30.3 Å². The minimum Gasteiger partial charge on any atom is -0.474 e. The molecule has 2 aromatic rings. The molecule has 35 heavy (non-hydrogen) atoms. The molecule has 0 bridgehead atoms. The van der Waals surface area contributed by atoms with Crippen LogP contribution in [0.25, 0.3) is 6.08 Å². The lowest BCUT2D eigenvalue weighted by molar-refractivity contribution is -0.141. The van der Waals surface area contributed by atoms with Gasteiger partial charge in [0.05, 0.1) is 17.9 Å². The molecule has 1 unspecified atom stereocenters. The molecule has 2 N–H and O–H groups in total. The molecule has 1 aromatic heterocycles. The van der Waals surface area contributed by atoms with Crippen LogP contribution in [0.1, 0.15) is 42.7 Å². The van der Waals surface area contributed by atoms with E-state index in [-0.39, 0.29) is 29.1 Å². The average Bonchev–Trinajstić information content (AvgIpc) is 2.76. The Balaban J connectivity index is 2.18. The summed E-state index contributed by atoms with van der Waals surface area (Å²) in [6.07, 6.45) is -1.51. The highest BCUT2D eigenvalue weighted by atomic mass is 32.2. The maximum absolute atomic E-state index is 14.3. The van der Waals surface area contributed by atoms with E-state index in [1.807, 2.05) is 4.72 Å². The van der Waals surface area contributed by atoms with Crippen molar-refractivity contribution in [1.29, 1.82) is 5.26 Å². The number of nitriles is 1. The quantitative estimate of drug-likeness (QED) is 0.386. The highest BCUT2D eigenvalue weighted by Crippen LogP contribution is 2.31. The lowest BCUT2D eigenvalue weighted by Crippen LogP contribution is -2.21. The number of sulfonamides is 1. The van der Waals surface area contributed by atoms with E-state index in [0.717, 1.165) is 30.5 Å². The summed E-state index contributed by atoms with van der Waals surface area (Å²) in [6.45, 7) is 3.23. The predicted molar refractivity (Wildman–Crippen MR) is 120 cm³/mol. The summed E-state index contributed by atoms with van der Waals surface area (Å²) < 4.78 is 83.4. The highest BCUT2D eigenvalue weighted by Gasteiger charge is 2.33. The number of amides is 1. The van der Waals surface area contributed by atoms with Crippen LogP contribution < -0.4 is 14.8 Å². The molecule has 0 aliphatic rings. The number of anilines is 1. The first-order chi connectivity index (χ1) is 16.2. The van der Waals surface area contributed by atoms with Gasteiger partial charge in [0, 0.05) is 18.2 Å². The summed E-state index contributed by atoms with van der Waals surface area (Å²) in [4.78, 5) is 15.7. The van der Waals surface area contributed by atoms with Crippen molar-refractivity contribution in [3.8, 4) is 11.9 Å². The van der Waals surface area contributed by atoms with E-state index in [9.17, 15) is 36.0 Å². The lowest BCUT2D eigenvalue weighted by atomic mass is 10.1. The fraction of sp³-hybridized carbons (Fsp3) is 0.318. The van der Waals surface area contributed by atoms with E-state index < -0.39 is 45.4 Å². The number of rotatable bonds is 9. The van der Waals surface area contributed by atoms with Gasteiger partial charge in [-0.1, -0.05) is 6.92 Å². The van der Waals surface area contributed by atoms with Crippen LogP contribution in [-0.4, -0.2) is 31.7 Å². The van der Waals surface area contributed by atoms with Crippen LogP contribution in [-0.2, 0) is 27.5 Å². The van der Waals surface area contributed by atoms with Gasteiger partial charge in [-0.25, -0.2) is 17.8 Å². The second-order valence-electron chi connectivity index (χ2n) is 7.46. The molecule has 0 aliphatic carbocycles. The molecule has 0 saturated heterocycles. The number of pyridine rings is 1. The number of aromatic nitrogens is 1. The van der Waals surface area contributed by atoms with Crippen LogP contribution in [0.2, 0.25) is 0 Å². The molecule has 1 amide bonds. The Bertz CT molecular complexity index is 1270. The molecule has 0 fully saturated rings. The molecule has 13 heteroatoms. The van der Waals surface area contributed by atoms with Crippen molar-refractivity contribution in [3.63, 3.8) is 0 Å². The number of hydrogen-bond acceptors (Lipinski definition) is 6. The first-order valence-electron chi connectivity index (χ1n) is 10.1. The Kier molecular flexibility index (Phi) is 8.81. The summed E-state index contributed by atoms with van der Waals surface area (Å²) in [7, 11) is -3.83. The number of halogens is 4. The second kappa shape index (κ2) is 11.2. The average molecular weight is 515 g/mol. The van der Waals surface area contributed by atoms with Gasteiger partial charge in [-0.3, -0.25) is 9.52 Å². The Morgan fingerprint density at radius 2 is 2.00 bits per heavy atom. The standard InChI is InChI=1S/C22H22F4N4O4S/c1-4-13(2)34-21-15(5-7-18(29-21)22(24,25)26)6-8-19(31)28-12-14-9-16(11-27)20(17(23)10-14)30-35(3,32)33/h5-10,13,30H,4,12H2,1-3H3,(H,28,31)/b8-6+. The van der Waals surface area contributed by atoms with Gasteiger partial charge in [-0.2, -0.15) is 18.4 Å². The van der Waals surface area contributed by atoms with Gasteiger partial charge in [0.15, 0.2) is 0 Å². The highest BCUT2D eigenvalue weighted by molar-refractivity contribution is 7.92. The first kappa shape index (κ1) is 27.6. The SMILES string of the molecule is CCC(C)Oc1nc(C(F)(F)F)ccc1/C=C/C(=O)NCc1cc(F)c(NS(C)(=O)=O)c(C#N)c1. The third-order valence-electron chi connectivity index (χ3n) is 4.51. The minimum atomic E-state index is -4.67. The largest absolute Gasteiger partial charge is 0.474 e. The summed E-state index contributed by atoms with van der Waals surface area (Å²) in [5, 5.41) is 11.6. The van der Waals surface area contributed by atoms with E-state index in [0.29, 0.717) is 6.42 Å². The smallest absolute Gasteiger partial charge is 0.433 e. The van der Waals surface area contributed by atoms with Gasteiger partial charge in [-0.15, -0.1) is 0 Å². The summed E-state index contributed by atoms with van der Waals surface area (Å²) in [5.74, 6) is -1.96. The molecule has 0 saturated carbocycles. The van der Waals surface area contributed by atoms with Gasteiger partial charge in [-0.05, 0) is 49.2 Å². The van der Waals surface area contributed by atoms with Crippen LogP contribution in [0.5, 0.6) is 5.88 Å². The molecule has 1 heterocycles. The van der Waals surface area contributed by atoms with E-state index >= 15 is 0 Å². The number of alkyl halides is 3. The molecule has 1 atom stereocenters. The van der Waals surface area contributed by atoms with E-state index in [1.54, 1.807) is 19.9 Å².